The standard InChI is InChI=1S/C28H26NO4/c1-30-25-10-9-20-14-24-22-16-27-26(32-18-33-27)15-21(22)11-12-29(24)17-23(20)28(25)31-13-5-8-19-6-3-2-4-7-19/h2-4,6-7,9-10,14-17H,5,8,11-13,18H2,1H3/q+1. The third-order valence-electron chi connectivity index (χ3n) is 6.50. The molecule has 3 heterocycles. The molecule has 0 N–H and O–H groups in total. The Kier molecular flexibility index (Phi) is 5.02. The van der Waals surface area contributed by atoms with Crippen molar-refractivity contribution in [1.82, 2.24) is 0 Å². The fourth-order valence-corrected chi connectivity index (χ4v) is 4.80. The van der Waals surface area contributed by atoms with Crippen LogP contribution in [0, 0.1) is 0 Å². The Morgan fingerprint density at radius 1 is 0.970 bits per heavy atom. The third kappa shape index (κ3) is 3.63. The maximum absolute atomic E-state index is 6.31. The average Bonchev–Trinajstić information content (AvgIpc) is 3.32. The van der Waals surface area contributed by atoms with Gasteiger partial charge in [0.1, 0.15) is 0 Å². The molecule has 0 bridgehead atoms. The normalized spacial score (nSPS) is 13.5. The first-order chi connectivity index (χ1) is 16.3. The minimum absolute atomic E-state index is 0.292. The molecule has 33 heavy (non-hydrogen) atoms. The van der Waals surface area contributed by atoms with Crippen LogP contribution in [-0.4, -0.2) is 20.5 Å². The van der Waals surface area contributed by atoms with Crippen molar-refractivity contribution in [2.75, 3.05) is 20.5 Å². The van der Waals surface area contributed by atoms with E-state index in [0.717, 1.165) is 59.6 Å². The van der Waals surface area contributed by atoms with Gasteiger partial charge in [0, 0.05) is 12.5 Å². The first-order valence-electron chi connectivity index (χ1n) is 11.4. The molecule has 2 aliphatic heterocycles. The van der Waals surface area contributed by atoms with Gasteiger partial charge in [-0.3, -0.25) is 0 Å². The van der Waals surface area contributed by atoms with E-state index in [-0.39, 0.29) is 0 Å². The second kappa shape index (κ2) is 8.32. The van der Waals surface area contributed by atoms with Gasteiger partial charge in [0.25, 0.3) is 0 Å². The molecule has 0 fully saturated rings. The number of pyridine rings is 1. The first kappa shape index (κ1) is 19.9. The molecule has 0 spiro atoms. The van der Waals surface area contributed by atoms with Crippen LogP contribution < -0.4 is 23.5 Å². The molecule has 3 aromatic carbocycles. The van der Waals surface area contributed by atoms with Gasteiger partial charge >= 0.3 is 0 Å². The van der Waals surface area contributed by atoms with Crippen LogP contribution >= 0.6 is 0 Å². The zero-order chi connectivity index (χ0) is 22.2. The van der Waals surface area contributed by atoms with Gasteiger partial charge in [-0.25, -0.2) is 0 Å². The van der Waals surface area contributed by atoms with Crippen molar-refractivity contribution >= 4 is 10.8 Å². The number of nitrogens with zero attached hydrogens (tertiary/aromatic N) is 1. The summed E-state index contributed by atoms with van der Waals surface area (Å²) in [6.07, 6.45) is 5.09. The Hall–Kier alpha value is -3.73. The summed E-state index contributed by atoms with van der Waals surface area (Å²) in [4.78, 5) is 0. The number of benzene rings is 3. The Balaban J connectivity index is 1.33. The molecule has 0 radical (unpaired) electrons. The molecule has 0 amide bonds. The van der Waals surface area contributed by atoms with E-state index >= 15 is 0 Å². The molecule has 166 valence electrons. The monoisotopic (exact) mass is 440 g/mol. The van der Waals surface area contributed by atoms with Crippen LogP contribution in [0.5, 0.6) is 23.0 Å². The lowest BCUT2D eigenvalue weighted by Gasteiger charge is -2.18. The van der Waals surface area contributed by atoms with Crippen LogP contribution in [0.2, 0.25) is 0 Å². The average molecular weight is 441 g/mol. The summed E-state index contributed by atoms with van der Waals surface area (Å²) in [5, 5.41) is 2.20. The summed E-state index contributed by atoms with van der Waals surface area (Å²) in [6, 6.07) is 21.1. The zero-order valence-corrected chi connectivity index (χ0v) is 18.7. The maximum atomic E-state index is 6.31. The molecule has 4 aromatic rings. The van der Waals surface area contributed by atoms with E-state index in [1.807, 2.05) is 12.1 Å². The van der Waals surface area contributed by atoms with E-state index in [1.54, 1.807) is 7.11 Å². The number of methoxy groups -OCH3 is 1. The number of ether oxygens (including phenoxy) is 4. The van der Waals surface area contributed by atoms with Crippen LogP contribution in [0.1, 0.15) is 17.5 Å². The van der Waals surface area contributed by atoms with E-state index in [4.69, 9.17) is 18.9 Å². The topological polar surface area (TPSA) is 40.8 Å². The molecule has 0 atom stereocenters. The molecule has 6 rings (SSSR count). The van der Waals surface area contributed by atoms with Crippen molar-refractivity contribution in [3.05, 3.63) is 78.0 Å². The molecule has 0 aliphatic carbocycles. The first-order valence-corrected chi connectivity index (χ1v) is 11.4. The minimum atomic E-state index is 0.292. The van der Waals surface area contributed by atoms with Gasteiger partial charge in [0.2, 0.25) is 12.5 Å². The minimum Gasteiger partial charge on any atom is -0.493 e. The Morgan fingerprint density at radius 3 is 2.67 bits per heavy atom. The van der Waals surface area contributed by atoms with E-state index in [0.29, 0.717) is 13.4 Å². The van der Waals surface area contributed by atoms with Crippen LogP contribution in [-0.2, 0) is 19.4 Å². The highest BCUT2D eigenvalue weighted by Crippen LogP contribution is 2.41. The molecule has 2 aliphatic rings. The molecule has 5 nitrogen and oxygen atoms in total. The van der Waals surface area contributed by atoms with Crippen molar-refractivity contribution in [2.45, 2.75) is 25.8 Å². The van der Waals surface area contributed by atoms with Crippen LogP contribution in [0.25, 0.3) is 22.0 Å². The van der Waals surface area contributed by atoms with Gasteiger partial charge in [0.15, 0.2) is 35.7 Å². The summed E-state index contributed by atoms with van der Waals surface area (Å²) in [5.41, 5.74) is 5.01. The lowest BCUT2D eigenvalue weighted by Crippen LogP contribution is -2.40. The SMILES string of the molecule is COc1ccc2cc3[n+](cc2c1OCCCc1ccccc1)CCc1cc2c(cc1-3)OCO2. The van der Waals surface area contributed by atoms with Gasteiger partial charge in [0.05, 0.1) is 24.7 Å². The zero-order valence-electron chi connectivity index (χ0n) is 18.7. The van der Waals surface area contributed by atoms with Gasteiger partial charge in [-0.1, -0.05) is 30.3 Å². The maximum Gasteiger partial charge on any atom is 0.231 e. The van der Waals surface area contributed by atoms with Crippen molar-refractivity contribution in [3.63, 3.8) is 0 Å². The van der Waals surface area contributed by atoms with E-state index in [2.05, 4.69) is 59.3 Å². The number of rotatable bonds is 6. The number of fused-ring (bicyclic) bond motifs is 5. The number of hydrogen-bond donors (Lipinski definition) is 0. The van der Waals surface area contributed by atoms with Gasteiger partial charge in [-0.05, 0) is 53.6 Å². The number of aromatic nitrogens is 1. The lowest BCUT2D eigenvalue weighted by molar-refractivity contribution is -0.686. The Morgan fingerprint density at radius 2 is 1.82 bits per heavy atom. The fraction of sp³-hybridized carbons (Fsp3) is 0.250. The van der Waals surface area contributed by atoms with E-state index in [1.165, 1.54) is 22.4 Å². The Bertz CT molecular complexity index is 1330. The second-order valence-corrected chi connectivity index (χ2v) is 8.50. The molecule has 5 heteroatoms. The largest absolute Gasteiger partial charge is 0.493 e. The molecule has 0 unspecified atom stereocenters. The predicted octanol–water partition coefficient (Wildman–Crippen LogP) is 5.10. The molecule has 0 saturated carbocycles. The van der Waals surface area contributed by atoms with Gasteiger partial charge < -0.3 is 18.9 Å². The molecule has 1 aromatic heterocycles. The van der Waals surface area contributed by atoms with Crippen molar-refractivity contribution in [3.8, 4) is 34.3 Å². The van der Waals surface area contributed by atoms with E-state index in [9.17, 15) is 0 Å². The number of hydrogen-bond acceptors (Lipinski definition) is 4. The molecular weight excluding hydrogens is 414 g/mol. The highest BCUT2D eigenvalue weighted by atomic mass is 16.7. The lowest BCUT2D eigenvalue weighted by atomic mass is 9.95. The van der Waals surface area contributed by atoms with Crippen LogP contribution in [0.15, 0.2) is 66.9 Å². The summed E-state index contributed by atoms with van der Waals surface area (Å²) in [6.45, 7) is 1.84. The van der Waals surface area contributed by atoms with Crippen molar-refractivity contribution in [2.24, 2.45) is 0 Å². The second-order valence-electron chi connectivity index (χ2n) is 8.50. The van der Waals surface area contributed by atoms with Crippen molar-refractivity contribution < 1.29 is 23.5 Å². The van der Waals surface area contributed by atoms with Gasteiger partial charge in [-0.15, -0.1) is 0 Å². The summed E-state index contributed by atoms with van der Waals surface area (Å²) in [5.74, 6) is 3.25. The third-order valence-corrected chi connectivity index (χ3v) is 6.50. The number of aryl methyl sites for hydroxylation is 3. The fourth-order valence-electron chi connectivity index (χ4n) is 4.80. The van der Waals surface area contributed by atoms with E-state index < -0.39 is 0 Å². The van der Waals surface area contributed by atoms with Crippen molar-refractivity contribution in [1.29, 1.82) is 0 Å². The highest BCUT2D eigenvalue weighted by Gasteiger charge is 2.28. The summed E-state index contributed by atoms with van der Waals surface area (Å²) >= 11 is 0. The Labute approximate surface area is 193 Å². The molecule has 0 saturated heterocycles. The summed E-state index contributed by atoms with van der Waals surface area (Å²) in [7, 11) is 1.70. The predicted molar refractivity (Wildman–Crippen MR) is 126 cm³/mol. The molecular formula is C28H26NO4+. The summed E-state index contributed by atoms with van der Waals surface area (Å²) < 4.78 is 25.5. The smallest absolute Gasteiger partial charge is 0.231 e. The quantitative estimate of drug-likeness (QED) is 0.309. The van der Waals surface area contributed by atoms with Crippen LogP contribution in [0.3, 0.4) is 0 Å². The van der Waals surface area contributed by atoms with Gasteiger partial charge in [-0.2, -0.15) is 4.57 Å². The van der Waals surface area contributed by atoms with Crippen LogP contribution in [0.4, 0.5) is 0 Å². The highest BCUT2D eigenvalue weighted by molar-refractivity contribution is 5.91.